The number of hydrogen-bond acceptors (Lipinski definition) is 4. The molecule has 0 unspecified atom stereocenters. The van der Waals surface area contributed by atoms with Gasteiger partial charge < -0.3 is 15.4 Å². The summed E-state index contributed by atoms with van der Waals surface area (Å²) in [7, 11) is 3.70. The van der Waals surface area contributed by atoms with Crippen LogP contribution >= 0.6 is 0 Å². The number of benzene rings is 1. The first kappa shape index (κ1) is 14.2. The van der Waals surface area contributed by atoms with Crippen LogP contribution in [0.15, 0.2) is 24.3 Å². The lowest BCUT2D eigenvalue weighted by atomic mass is 10.2. The summed E-state index contributed by atoms with van der Waals surface area (Å²) in [5.74, 6) is 1.83. The zero-order chi connectivity index (χ0) is 14.7. The normalized spacial score (nSPS) is 10.6. The minimum absolute atomic E-state index is 0.747. The van der Waals surface area contributed by atoms with Gasteiger partial charge in [-0.2, -0.15) is 5.10 Å². The maximum absolute atomic E-state index is 6.14. The highest BCUT2D eigenvalue weighted by atomic mass is 16.5. The van der Waals surface area contributed by atoms with Crippen LogP contribution in [0.25, 0.3) is 0 Å². The molecule has 0 aliphatic rings. The molecular weight excluding hydrogens is 252 g/mol. The van der Waals surface area contributed by atoms with Crippen molar-refractivity contribution in [3.63, 3.8) is 0 Å². The largest absolute Gasteiger partial charge is 0.497 e. The summed E-state index contributed by atoms with van der Waals surface area (Å²) in [6.07, 6.45) is 0. The molecule has 0 fully saturated rings. The Bertz CT molecular complexity index is 592. The van der Waals surface area contributed by atoms with E-state index in [0.29, 0.717) is 0 Å². The fraction of sp³-hybridized carbons (Fsp3) is 0.400. The highest BCUT2D eigenvalue weighted by Gasteiger charge is 2.15. The quantitative estimate of drug-likeness (QED) is 0.910. The minimum Gasteiger partial charge on any atom is -0.497 e. The van der Waals surface area contributed by atoms with Crippen LogP contribution in [0.4, 0.5) is 11.5 Å². The third-order valence-electron chi connectivity index (χ3n) is 3.36. The van der Waals surface area contributed by atoms with Crippen molar-refractivity contribution >= 4 is 11.5 Å². The molecule has 0 bridgehead atoms. The maximum atomic E-state index is 6.14. The van der Waals surface area contributed by atoms with E-state index < -0.39 is 0 Å². The first-order chi connectivity index (χ1) is 9.56. The lowest BCUT2D eigenvalue weighted by Crippen LogP contribution is -2.21. The first-order valence-electron chi connectivity index (χ1n) is 6.73. The maximum Gasteiger partial charge on any atom is 0.150 e. The Hall–Kier alpha value is -2.17. The standard InChI is InChI=1S/C15H22N4O/c1-5-19-15(14(16)11(2)17-19)18(3)10-12-7-6-8-13(9-12)20-4/h6-9H,5,10,16H2,1-4H3. The van der Waals surface area contributed by atoms with Gasteiger partial charge in [0.2, 0.25) is 0 Å². The second-order valence-electron chi connectivity index (χ2n) is 4.85. The predicted octanol–water partition coefficient (Wildman–Crippen LogP) is 2.44. The summed E-state index contributed by atoms with van der Waals surface area (Å²) in [6, 6.07) is 8.05. The van der Waals surface area contributed by atoms with Gasteiger partial charge >= 0.3 is 0 Å². The fourth-order valence-corrected chi connectivity index (χ4v) is 2.33. The Kier molecular flexibility index (Phi) is 4.17. The van der Waals surface area contributed by atoms with E-state index in [0.717, 1.165) is 36.0 Å². The van der Waals surface area contributed by atoms with Crippen molar-refractivity contribution in [3.05, 3.63) is 35.5 Å². The van der Waals surface area contributed by atoms with Crippen LogP contribution in [-0.2, 0) is 13.1 Å². The van der Waals surface area contributed by atoms with Gasteiger partial charge in [0.15, 0.2) is 5.82 Å². The van der Waals surface area contributed by atoms with Crippen LogP contribution in [0.2, 0.25) is 0 Å². The van der Waals surface area contributed by atoms with E-state index in [1.165, 1.54) is 5.56 Å². The molecule has 0 saturated heterocycles. The molecule has 0 atom stereocenters. The third-order valence-corrected chi connectivity index (χ3v) is 3.36. The van der Waals surface area contributed by atoms with Gasteiger partial charge in [-0.3, -0.25) is 0 Å². The Balaban J connectivity index is 2.25. The van der Waals surface area contributed by atoms with Gasteiger partial charge in [0.1, 0.15) is 5.75 Å². The van der Waals surface area contributed by atoms with Gasteiger partial charge in [-0.05, 0) is 31.5 Å². The molecule has 2 N–H and O–H groups in total. The molecule has 108 valence electrons. The lowest BCUT2D eigenvalue weighted by molar-refractivity contribution is 0.414. The van der Waals surface area contributed by atoms with Crippen molar-refractivity contribution < 1.29 is 4.74 Å². The topological polar surface area (TPSA) is 56.3 Å². The third kappa shape index (κ3) is 2.71. The molecule has 5 nitrogen and oxygen atoms in total. The monoisotopic (exact) mass is 274 g/mol. The fourth-order valence-electron chi connectivity index (χ4n) is 2.33. The molecule has 2 aromatic rings. The molecule has 0 aliphatic carbocycles. The molecule has 0 radical (unpaired) electrons. The highest BCUT2D eigenvalue weighted by Crippen LogP contribution is 2.27. The number of ether oxygens (including phenoxy) is 1. The zero-order valence-electron chi connectivity index (χ0n) is 12.6. The van der Waals surface area contributed by atoms with E-state index >= 15 is 0 Å². The number of aryl methyl sites for hydroxylation is 2. The number of anilines is 2. The lowest BCUT2D eigenvalue weighted by Gasteiger charge is -2.21. The highest BCUT2D eigenvalue weighted by molar-refractivity contribution is 5.66. The second-order valence-corrected chi connectivity index (χ2v) is 4.85. The molecule has 0 spiro atoms. The summed E-state index contributed by atoms with van der Waals surface area (Å²) in [4.78, 5) is 2.12. The number of nitrogens with two attached hydrogens (primary N) is 1. The van der Waals surface area contributed by atoms with Crippen molar-refractivity contribution in [2.45, 2.75) is 26.9 Å². The van der Waals surface area contributed by atoms with Crippen LogP contribution in [0.1, 0.15) is 18.2 Å². The summed E-state index contributed by atoms with van der Waals surface area (Å²) in [6.45, 7) is 5.56. The van der Waals surface area contributed by atoms with Crippen LogP contribution in [-0.4, -0.2) is 23.9 Å². The summed E-state index contributed by atoms with van der Waals surface area (Å²) in [5.41, 5.74) is 8.94. The average Bonchev–Trinajstić information content (AvgIpc) is 2.74. The second kappa shape index (κ2) is 5.86. The number of nitrogen functional groups attached to an aromatic ring is 1. The number of hydrogen-bond donors (Lipinski definition) is 1. The summed E-state index contributed by atoms with van der Waals surface area (Å²) >= 11 is 0. The molecule has 0 aliphatic heterocycles. The van der Waals surface area contributed by atoms with Crippen LogP contribution in [0.5, 0.6) is 5.75 Å². The van der Waals surface area contributed by atoms with E-state index in [1.807, 2.05) is 36.9 Å². The molecule has 1 aromatic carbocycles. The minimum atomic E-state index is 0.747. The van der Waals surface area contributed by atoms with Gasteiger partial charge in [-0.1, -0.05) is 12.1 Å². The molecule has 20 heavy (non-hydrogen) atoms. The average molecular weight is 274 g/mol. The van der Waals surface area contributed by atoms with E-state index in [9.17, 15) is 0 Å². The van der Waals surface area contributed by atoms with Crippen LogP contribution < -0.4 is 15.4 Å². The Labute approximate surface area is 119 Å². The van der Waals surface area contributed by atoms with E-state index in [-0.39, 0.29) is 0 Å². The Morgan fingerprint density at radius 2 is 2.15 bits per heavy atom. The van der Waals surface area contributed by atoms with Gasteiger partial charge in [-0.15, -0.1) is 0 Å². The van der Waals surface area contributed by atoms with Crippen molar-refractivity contribution in [1.29, 1.82) is 0 Å². The van der Waals surface area contributed by atoms with E-state index in [2.05, 4.69) is 23.0 Å². The summed E-state index contributed by atoms with van der Waals surface area (Å²) < 4.78 is 7.19. The molecular formula is C15H22N4O. The Morgan fingerprint density at radius 1 is 1.40 bits per heavy atom. The smallest absolute Gasteiger partial charge is 0.150 e. The van der Waals surface area contributed by atoms with Gasteiger partial charge in [0.05, 0.1) is 18.5 Å². The van der Waals surface area contributed by atoms with Crippen LogP contribution in [0.3, 0.4) is 0 Å². The SMILES string of the molecule is CCn1nc(C)c(N)c1N(C)Cc1cccc(OC)c1. The number of aromatic nitrogens is 2. The van der Waals surface area contributed by atoms with Crippen LogP contribution in [0, 0.1) is 6.92 Å². The van der Waals surface area contributed by atoms with Crippen molar-refractivity contribution in [2.24, 2.45) is 0 Å². The number of methoxy groups -OCH3 is 1. The molecule has 2 rings (SSSR count). The van der Waals surface area contributed by atoms with Gasteiger partial charge in [-0.25, -0.2) is 4.68 Å². The molecule has 5 heteroatoms. The van der Waals surface area contributed by atoms with Gasteiger partial charge in [0.25, 0.3) is 0 Å². The summed E-state index contributed by atoms with van der Waals surface area (Å²) in [5, 5.41) is 4.45. The Morgan fingerprint density at radius 3 is 2.80 bits per heavy atom. The molecule has 0 amide bonds. The first-order valence-corrected chi connectivity index (χ1v) is 6.73. The predicted molar refractivity (Wildman–Crippen MR) is 82.2 cm³/mol. The molecule has 1 aromatic heterocycles. The zero-order valence-corrected chi connectivity index (χ0v) is 12.6. The number of rotatable bonds is 5. The number of nitrogens with zero attached hydrogens (tertiary/aromatic N) is 3. The van der Waals surface area contributed by atoms with E-state index in [4.69, 9.17) is 10.5 Å². The molecule has 1 heterocycles. The van der Waals surface area contributed by atoms with Gasteiger partial charge in [0, 0.05) is 20.1 Å². The van der Waals surface area contributed by atoms with E-state index in [1.54, 1.807) is 7.11 Å². The van der Waals surface area contributed by atoms with Crippen molar-refractivity contribution in [3.8, 4) is 5.75 Å². The van der Waals surface area contributed by atoms with Crippen molar-refractivity contribution in [1.82, 2.24) is 9.78 Å². The van der Waals surface area contributed by atoms with Crippen molar-refractivity contribution in [2.75, 3.05) is 24.8 Å². The molecule has 0 saturated carbocycles.